The summed E-state index contributed by atoms with van der Waals surface area (Å²) in [5.74, 6) is -0.356. The SMILES string of the molecule is C=CCN1C(=O)C(=Cc2ccc(OCc3ccc(Cl)c(Cl)c3)cc2)C(=O)NC1=S. The number of rotatable bonds is 6. The highest BCUT2D eigenvalue weighted by Crippen LogP contribution is 2.24. The monoisotopic (exact) mass is 446 g/mol. The number of ether oxygens (including phenoxy) is 1. The van der Waals surface area contributed by atoms with Gasteiger partial charge in [0.05, 0.1) is 10.0 Å². The van der Waals surface area contributed by atoms with Crippen molar-refractivity contribution >= 4 is 58.4 Å². The van der Waals surface area contributed by atoms with E-state index < -0.39 is 11.8 Å². The van der Waals surface area contributed by atoms with E-state index in [0.717, 1.165) is 5.56 Å². The zero-order chi connectivity index (χ0) is 21.0. The van der Waals surface area contributed by atoms with Crippen LogP contribution < -0.4 is 10.1 Å². The third-order valence-corrected chi connectivity index (χ3v) is 5.14. The first-order valence-corrected chi connectivity index (χ1v) is 9.72. The van der Waals surface area contributed by atoms with Crippen LogP contribution in [-0.4, -0.2) is 28.4 Å². The first kappa shape index (κ1) is 21.0. The van der Waals surface area contributed by atoms with Gasteiger partial charge in [0, 0.05) is 6.54 Å². The van der Waals surface area contributed by atoms with E-state index in [4.69, 9.17) is 40.2 Å². The van der Waals surface area contributed by atoms with Crippen molar-refractivity contribution in [1.29, 1.82) is 0 Å². The number of thiocarbonyl (C=S) groups is 1. The van der Waals surface area contributed by atoms with Gasteiger partial charge in [-0.05, 0) is 53.7 Å². The third-order valence-electron chi connectivity index (χ3n) is 4.08. The smallest absolute Gasteiger partial charge is 0.265 e. The number of carbonyl (C=O) groups excluding carboxylic acids is 2. The Balaban J connectivity index is 1.71. The van der Waals surface area contributed by atoms with E-state index in [1.165, 1.54) is 11.0 Å². The summed E-state index contributed by atoms with van der Waals surface area (Å²) in [4.78, 5) is 26.0. The van der Waals surface area contributed by atoms with Crippen LogP contribution >= 0.6 is 35.4 Å². The molecule has 0 bridgehead atoms. The fourth-order valence-corrected chi connectivity index (χ4v) is 3.18. The molecule has 148 valence electrons. The first-order valence-electron chi connectivity index (χ1n) is 8.55. The molecule has 1 N–H and O–H groups in total. The van der Waals surface area contributed by atoms with Gasteiger partial charge in [-0.3, -0.25) is 19.8 Å². The zero-order valence-corrected chi connectivity index (χ0v) is 17.5. The fourth-order valence-electron chi connectivity index (χ4n) is 2.61. The van der Waals surface area contributed by atoms with Gasteiger partial charge in [-0.2, -0.15) is 0 Å². The Kier molecular flexibility index (Phi) is 6.69. The van der Waals surface area contributed by atoms with Gasteiger partial charge in [0.15, 0.2) is 5.11 Å². The van der Waals surface area contributed by atoms with Gasteiger partial charge in [0.2, 0.25) is 0 Å². The van der Waals surface area contributed by atoms with Crippen molar-refractivity contribution in [2.24, 2.45) is 0 Å². The molecule has 1 aliphatic rings. The Morgan fingerprint density at radius 1 is 1.10 bits per heavy atom. The molecule has 0 unspecified atom stereocenters. The number of carbonyl (C=O) groups is 2. The number of amides is 2. The molecule has 2 aromatic rings. The maximum atomic E-state index is 12.5. The topological polar surface area (TPSA) is 58.6 Å². The molecule has 0 spiro atoms. The summed E-state index contributed by atoms with van der Waals surface area (Å²) >= 11 is 16.9. The summed E-state index contributed by atoms with van der Waals surface area (Å²) in [7, 11) is 0. The standard InChI is InChI=1S/C21H16Cl2N2O3S/c1-2-9-25-20(27)16(19(26)24-21(25)29)10-13-3-6-15(7-4-13)28-12-14-5-8-17(22)18(23)11-14/h2-8,10-11H,1,9,12H2,(H,24,26,29). The predicted octanol–water partition coefficient (Wildman–Crippen LogP) is 4.39. The minimum Gasteiger partial charge on any atom is -0.489 e. The van der Waals surface area contributed by atoms with Gasteiger partial charge in [-0.1, -0.05) is 47.5 Å². The Hall–Kier alpha value is -2.67. The van der Waals surface area contributed by atoms with Crippen molar-refractivity contribution in [2.45, 2.75) is 6.61 Å². The highest BCUT2D eigenvalue weighted by atomic mass is 35.5. The lowest BCUT2D eigenvalue weighted by Gasteiger charge is -2.27. The van der Waals surface area contributed by atoms with Gasteiger partial charge >= 0.3 is 0 Å². The molecule has 1 aliphatic heterocycles. The number of hydrogen-bond donors (Lipinski definition) is 1. The fraction of sp³-hybridized carbons (Fsp3) is 0.0952. The van der Waals surface area contributed by atoms with Crippen LogP contribution in [0.15, 0.2) is 60.7 Å². The molecule has 5 nitrogen and oxygen atoms in total. The molecule has 2 aromatic carbocycles. The van der Waals surface area contributed by atoms with Crippen LogP contribution in [0.5, 0.6) is 5.75 Å². The lowest BCUT2D eigenvalue weighted by molar-refractivity contribution is -0.128. The molecule has 1 saturated heterocycles. The Morgan fingerprint density at radius 2 is 1.83 bits per heavy atom. The Labute approximate surface area is 183 Å². The summed E-state index contributed by atoms with van der Waals surface area (Å²) in [5, 5.41) is 3.54. The first-order chi connectivity index (χ1) is 13.9. The van der Waals surface area contributed by atoms with Gasteiger partial charge in [-0.25, -0.2) is 0 Å². The van der Waals surface area contributed by atoms with Gasteiger partial charge in [0.25, 0.3) is 11.8 Å². The number of hydrogen-bond acceptors (Lipinski definition) is 4. The van der Waals surface area contributed by atoms with Crippen molar-refractivity contribution in [1.82, 2.24) is 10.2 Å². The molecule has 2 amide bonds. The highest BCUT2D eigenvalue weighted by molar-refractivity contribution is 7.80. The molecule has 0 aromatic heterocycles. The van der Waals surface area contributed by atoms with E-state index in [-0.39, 0.29) is 17.2 Å². The molecule has 1 heterocycles. The molecule has 0 radical (unpaired) electrons. The molecular weight excluding hydrogens is 431 g/mol. The van der Waals surface area contributed by atoms with Crippen LogP contribution in [0.1, 0.15) is 11.1 Å². The molecule has 3 rings (SSSR count). The van der Waals surface area contributed by atoms with E-state index in [9.17, 15) is 9.59 Å². The van der Waals surface area contributed by atoms with Crippen molar-refractivity contribution < 1.29 is 14.3 Å². The van der Waals surface area contributed by atoms with E-state index in [1.807, 2.05) is 6.07 Å². The van der Waals surface area contributed by atoms with Crippen molar-refractivity contribution in [2.75, 3.05) is 6.54 Å². The quantitative estimate of drug-likeness (QED) is 0.309. The second-order valence-corrected chi connectivity index (χ2v) is 7.33. The average Bonchev–Trinajstić information content (AvgIpc) is 2.70. The summed E-state index contributed by atoms with van der Waals surface area (Å²) < 4.78 is 5.73. The molecule has 0 atom stereocenters. The van der Waals surface area contributed by atoms with Crippen molar-refractivity contribution in [3.8, 4) is 5.75 Å². The number of benzene rings is 2. The minimum absolute atomic E-state index is 0.00456. The van der Waals surface area contributed by atoms with E-state index in [0.29, 0.717) is 28.0 Å². The zero-order valence-electron chi connectivity index (χ0n) is 15.2. The maximum Gasteiger partial charge on any atom is 0.265 e. The van der Waals surface area contributed by atoms with Crippen LogP contribution in [0.2, 0.25) is 10.0 Å². The van der Waals surface area contributed by atoms with E-state index in [1.54, 1.807) is 42.5 Å². The van der Waals surface area contributed by atoms with Crippen LogP contribution in [0.4, 0.5) is 0 Å². The summed E-state index contributed by atoms with van der Waals surface area (Å²) in [6.45, 7) is 4.14. The second kappa shape index (κ2) is 9.22. The van der Waals surface area contributed by atoms with E-state index >= 15 is 0 Å². The molecule has 0 saturated carbocycles. The van der Waals surface area contributed by atoms with Gasteiger partial charge in [-0.15, -0.1) is 6.58 Å². The molecule has 1 fully saturated rings. The number of halogens is 2. The minimum atomic E-state index is -0.528. The summed E-state index contributed by atoms with van der Waals surface area (Å²) in [5.41, 5.74) is 1.56. The summed E-state index contributed by atoms with van der Waals surface area (Å²) in [6, 6.07) is 12.3. The van der Waals surface area contributed by atoms with E-state index in [2.05, 4.69) is 11.9 Å². The number of nitrogens with zero attached hydrogens (tertiary/aromatic N) is 1. The van der Waals surface area contributed by atoms with Crippen molar-refractivity contribution in [3.05, 3.63) is 81.9 Å². The predicted molar refractivity (Wildman–Crippen MR) is 118 cm³/mol. The largest absolute Gasteiger partial charge is 0.489 e. The average molecular weight is 447 g/mol. The van der Waals surface area contributed by atoms with Gasteiger partial charge in [0.1, 0.15) is 17.9 Å². The normalized spacial score (nSPS) is 15.4. The lowest BCUT2D eigenvalue weighted by Crippen LogP contribution is -2.53. The summed E-state index contributed by atoms with van der Waals surface area (Å²) in [6.07, 6.45) is 3.05. The van der Waals surface area contributed by atoms with Crippen molar-refractivity contribution in [3.63, 3.8) is 0 Å². The van der Waals surface area contributed by atoms with Crippen LogP contribution in [0.3, 0.4) is 0 Å². The third kappa shape index (κ3) is 5.03. The number of nitrogens with one attached hydrogen (secondary N) is 1. The lowest BCUT2D eigenvalue weighted by atomic mass is 10.1. The molecule has 0 aliphatic carbocycles. The highest BCUT2D eigenvalue weighted by Gasteiger charge is 2.32. The maximum absolute atomic E-state index is 12.5. The van der Waals surface area contributed by atoms with Crippen LogP contribution in [-0.2, 0) is 16.2 Å². The molecule has 29 heavy (non-hydrogen) atoms. The Bertz CT molecular complexity index is 1020. The van der Waals surface area contributed by atoms with Crippen LogP contribution in [0, 0.1) is 0 Å². The Morgan fingerprint density at radius 3 is 2.48 bits per heavy atom. The second-order valence-electron chi connectivity index (χ2n) is 6.13. The van der Waals surface area contributed by atoms with Crippen LogP contribution in [0.25, 0.3) is 6.08 Å². The molecule has 8 heteroatoms. The molecular formula is C21H16Cl2N2O3S. The van der Waals surface area contributed by atoms with Gasteiger partial charge < -0.3 is 4.74 Å².